The van der Waals surface area contributed by atoms with Gasteiger partial charge >= 0.3 is 5.97 Å². The van der Waals surface area contributed by atoms with E-state index in [0.717, 1.165) is 27.8 Å². The number of rotatable bonds is 7. The lowest BCUT2D eigenvalue weighted by Gasteiger charge is -2.12. The van der Waals surface area contributed by atoms with Crippen LogP contribution in [0, 0.1) is 6.92 Å². The average molecular weight is 523 g/mol. The van der Waals surface area contributed by atoms with E-state index in [2.05, 4.69) is 5.32 Å². The second kappa shape index (κ2) is 10.9. The van der Waals surface area contributed by atoms with Crippen LogP contribution in [0.25, 0.3) is 33.3 Å². The number of anilines is 1. The van der Waals surface area contributed by atoms with Gasteiger partial charge in [-0.2, -0.15) is 0 Å². The molecule has 3 aromatic carbocycles. The molecule has 0 bridgehead atoms. The number of aromatic nitrogens is 1. The number of carbonyl (C=O) groups excluding carboxylic acids is 2. The van der Waals surface area contributed by atoms with E-state index in [9.17, 15) is 9.59 Å². The average Bonchev–Trinajstić information content (AvgIpc) is 3.36. The summed E-state index contributed by atoms with van der Waals surface area (Å²) in [5, 5.41) is 5.98. The van der Waals surface area contributed by atoms with Crippen molar-refractivity contribution < 1.29 is 19.1 Å². The van der Waals surface area contributed by atoms with Crippen molar-refractivity contribution in [3.8, 4) is 28.1 Å². The highest BCUT2D eigenvalue weighted by Gasteiger charge is 2.24. The minimum absolute atomic E-state index is 0.333. The molecule has 0 saturated heterocycles. The lowest BCUT2D eigenvalue weighted by Crippen LogP contribution is -2.15. The van der Waals surface area contributed by atoms with E-state index in [1.807, 2.05) is 92.0 Å². The zero-order valence-corrected chi connectivity index (χ0v) is 22.1. The number of benzene rings is 3. The summed E-state index contributed by atoms with van der Waals surface area (Å²) in [6.45, 7) is 4.53. The number of pyridine rings is 1. The number of hydrogen-bond donors (Lipinski definition) is 1. The van der Waals surface area contributed by atoms with E-state index in [4.69, 9.17) is 14.5 Å². The van der Waals surface area contributed by atoms with Crippen molar-refractivity contribution in [1.29, 1.82) is 0 Å². The molecule has 0 atom stereocenters. The van der Waals surface area contributed by atoms with E-state index >= 15 is 0 Å². The van der Waals surface area contributed by atoms with E-state index in [-0.39, 0.29) is 5.91 Å². The van der Waals surface area contributed by atoms with Gasteiger partial charge in [-0.15, -0.1) is 11.3 Å². The second-order valence-corrected chi connectivity index (χ2v) is 9.57. The highest BCUT2D eigenvalue weighted by atomic mass is 32.1. The molecular formula is C31H26N2O4S. The molecule has 190 valence electrons. The number of nitrogens with one attached hydrogen (secondary N) is 1. The van der Waals surface area contributed by atoms with Gasteiger partial charge in [-0.05, 0) is 55.8 Å². The van der Waals surface area contributed by atoms with E-state index in [1.165, 1.54) is 18.4 Å². The van der Waals surface area contributed by atoms with E-state index < -0.39 is 5.97 Å². The minimum atomic E-state index is -0.508. The number of para-hydroxylation sites is 1. The molecule has 7 heteroatoms. The maximum absolute atomic E-state index is 13.7. The summed E-state index contributed by atoms with van der Waals surface area (Å²) in [4.78, 5) is 31.3. The maximum atomic E-state index is 13.7. The van der Waals surface area contributed by atoms with E-state index in [0.29, 0.717) is 39.5 Å². The number of hydrogen-bond acceptors (Lipinski definition) is 6. The standard InChI is InChI=1S/C31H26N2O4S/c1-4-37-22-15-13-21(14-16-22)27-17-24(23-7-5-6-8-26(23)32-27)29(34)33-30-28(31(35)36-3)25(18-38-30)20-11-9-19(2)10-12-20/h5-18H,4H2,1-3H3,(H,33,34). The van der Waals surface area contributed by atoms with Gasteiger partial charge in [-0.1, -0.05) is 48.0 Å². The van der Waals surface area contributed by atoms with Crippen molar-refractivity contribution in [2.75, 3.05) is 19.0 Å². The fourth-order valence-electron chi connectivity index (χ4n) is 4.27. The highest BCUT2D eigenvalue weighted by Crippen LogP contribution is 2.37. The van der Waals surface area contributed by atoms with Gasteiger partial charge in [0.2, 0.25) is 0 Å². The first kappa shape index (κ1) is 25.2. The Morgan fingerprint density at radius 2 is 1.66 bits per heavy atom. The normalized spacial score (nSPS) is 10.8. The summed E-state index contributed by atoms with van der Waals surface area (Å²) in [6, 6.07) is 24.8. The number of nitrogens with zero attached hydrogens (tertiary/aromatic N) is 1. The third-order valence-corrected chi connectivity index (χ3v) is 7.09. The number of amides is 1. The second-order valence-electron chi connectivity index (χ2n) is 8.69. The summed E-state index contributed by atoms with van der Waals surface area (Å²) in [5.41, 5.74) is 5.72. The Balaban J connectivity index is 1.55. The number of fused-ring (bicyclic) bond motifs is 1. The van der Waals surface area contributed by atoms with Gasteiger partial charge in [0.15, 0.2) is 0 Å². The smallest absolute Gasteiger partial charge is 0.341 e. The molecule has 1 amide bonds. The Hall–Kier alpha value is -4.49. The number of carbonyl (C=O) groups is 2. The molecule has 0 unspecified atom stereocenters. The predicted octanol–water partition coefficient (Wildman–Crippen LogP) is 7.38. The molecule has 6 nitrogen and oxygen atoms in total. The Labute approximate surface area is 224 Å². The van der Waals surface area contributed by atoms with Crippen molar-refractivity contribution in [3.05, 3.63) is 101 Å². The molecule has 0 aliphatic carbocycles. The Kier molecular flexibility index (Phi) is 7.20. The zero-order valence-electron chi connectivity index (χ0n) is 21.3. The SMILES string of the molecule is CCOc1ccc(-c2cc(C(=O)Nc3scc(-c4ccc(C)cc4)c3C(=O)OC)c3ccccc3n2)cc1. The topological polar surface area (TPSA) is 77.5 Å². The number of methoxy groups -OCH3 is 1. The molecule has 0 aliphatic heterocycles. The van der Waals surface area contributed by atoms with Gasteiger partial charge in [0, 0.05) is 21.9 Å². The molecule has 2 aromatic heterocycles. The molecule has 5 rings (SSSR count). The third-order valence-electron chi connectivity index (χ3n) is 6.19. The summed E-state index contributed by atoms with van der Waals surface area (Å²) in [7, 11) is 1.34. The van der Waals surface area contributed by atoms with Crippen molar-refractivity contribution in [2.45, 2.75) is 13.8 Å². The molecule has 38 heavy (non-hydrogen) atoms. The molecular weight excluding hydrogens is 496 g/mol. The Morgan fingerprint density at radius 1 is 0.947 bits per heavy atom. The lowest BCUT2D eigenvalue weighted by molar-refractivity contribution is 0.0603. The van der Waals surface area contributed by atoms with Crippen LogP contribution in [0.5, 0.6) is 5.75 Å². The first-order valence-corrected chi connectivity index (χ1v) is 13.1. The predicted molar refractivity (Wildman–Crippen MR) is 152 cm³/mol. The molecule has 0 radical (unpaired) electrons. The number of esters is 1. The molecule has 0 fully saturated rings. The minimum Gasteiger partial charge on any atom is -0.494 e. The molecule has 0 aliphatic rings. The van der Waals surface area contributed by atoms with Crippen LogP contribution in [0.4, 0.5) is 5.00 Å². The lowest BCUT2D eigenvalue weighted by atomic mass is 10.0. The summed E-state index contributed by atoms with van der Waals surface area (Å²) < 4.78 is 10.6. The van der Waals surface area contributed by atoms with Gasteiger partial charge < -0.3 is 14.8 Å². The van der Waals surface area contributed by atoms with Crippen molar-refractivity contribution in [2.24, 2.45) is 0 Å². The number of thiophene rings is 1. The monoisotopic (exact) mass is 522 g/mol. The van der Waals surface area contributed by atoms with Crippen LogP contribution in [-0.2, 0) is 4.74 Å². The molecule has 0 spiro atoms. The van der Waals surface area contributed by atoms with Gasteiger partial charge in [0.1, 0.15) is 16.3 Å². The fraction of sp³-hybridized carbons (Fsp3) is 0.129. The zero-order chi connectivity index (χ0) is 26.6. The third kappa shape index (κ3) is 5.01. The summed E-state index contributed by atoms with van der Waals surface area (Å²) in [5.74, 6) is -0.0718. The highest BCUT2D eigenvalue weighted by molar-refractivity contribution is 7.15. The van der Waals surface area contributed by atoms with Crippen LogP contribution < -0.4 is 10.1 Å². The van der Waals surface area contributed by atoms with Crippen LogP contribution >= 0.6 is 11.3 Å². The van der Waals surface area contributed by atoms with Crippen LogP contribution in [-0.4, -0.2) is 30.6 Å². The van der Waals surface area contributed by atoms with Crippen LogP contribution in [0.2, 0.25) is 0 Å². The van der Waals surface area contributed by atoms with Crippen LogP contribution in [0.1, 0.15) is 33.2 Å². The van der Waals surface area contributed by atoms with Gasteiger partial charge in [-0.25, -0.2) is 9.78 Å². The Morgan fingerprint density at radius 3 is 2.37 bits per heavy atom. The largest absolute Gasteiger partial charge is 0.494 e. The first-order chi connectivity index (χ1) is 18.5. The molecule has 1 N–H and O–H groups in total. The summed E-state index contributed by atoms with van der Waals surface area (Å²) in [6.07, 6.45) is 0. The van der Waals surface area contributed by atoms with Crippen LogP contribution in [0.15, 0.2) is 84.2 Å². The van der Waals surface area contributed by atoms with E-state index in [1.54, 1.807) is 6.07 Å². The van der Waals surface area contributed by atoms with Crippen LogP contribution in [0.3, 0.4) is 0 Å². The molecule has 5 aromatic rings. The Bertz CT molecular complexity index is 1620. The number of aryl methyl sites for hydroxylation is 1. The first-order valence-electron chi connectivity index (χ1n) is 12.2. The fourth-order valence-corrected chi connectivity index (χ4v) is 5.22. The van der Waals surface area contributed by atoms with Gasteiger partial charge in [0.05, 0.1) is 30.5 Å². The van der Waals surface area contributed by atoms with Crippen molar-refractivity contribution in [3.63, 3.8) is 0 Å². The van der Waals surface area contributed by atoms with Gasteiger partial charge in [0.25, 0.3) is 5.91 Å². The quantitative estimate of drug-likeness (QED) is 0.226. The number of ether oxygens (including phenoxy) is 2. The van der Waals surface area contributed by atoms with Crippen molar-refractivity contribution in [1.82, 2.24) is 4.98 Å². The summed E-state index contributed by atoms with van der Waals surface area (Å²) >= 11 is 1.29. The van der Waals surface area contributed by atoms with Crippen molar-refractivity contribution >= 4 is 39.1 Å². The van der Waals surface area contributed by atoms with Gasteiger partial charge in [-0.3, -0.25) is 4.79 Å². The molecule has 0 saturated carbocycles. The maximum Gasteiger partial charge on any atom is 0.341 e. The molecule has 2 heterocycles.